The fourth-order valence-corrected chi connectivity index (χ4v) is 3.23. The van der Waals surface area contributed by atoms with E-state index in [1.165, 1.54) is 11.1 Å². The van der Waals surface area contributed by atoms with Gasteiger partial charge in [-0.2, -0.15) is 0 Å². The number of hydrogen-bond acceptors (Lipinski definition) is 4. The van der Waals surface area contributed by atoms with Gasteiger partial charge in [0.1, 0.15) is 0 Å². The number of guanidine groups is 1. The van der Waals surface area contributed by atoms with Gasteiger partial charge < -0.3 is 20.7 Å². The third kappa shape index (κ3) is 8.47. The average molecular weight is 515 g/mol. The SMILES string of the molecule is CCNC(=NCc1ccccc1CN1CCOCC1)NCCNC(=O)C1CC1.I. The summed E-state index contributed by atoms with van der Waals surface area (Å²) in [5, 5.41) is 9.55. The second-order valence-corrected chi connectivity index (χ2v) is 7.34. The molecule has 1 aromatic carbocycles. The molecule has 1 heterocycles. The van der Waals surface area contributed by atoms with Crippen molar-refractivity contribution >= 4 is 35.8 Å². The van der Waals surface area contributed by atoms with Gasteiger partial charge in [-0.25, -0.2) is 4.99 Å². The van der Waals surface area contributed by atoms with E-state index in [0.717, 1.165) is 58.2 Å². The fraction of sp³-hybridized carbons (Fsp3) is 0.619. The van der Waals surface area contributed by atoms with Gasteiger partial charge in [0.05, 0.1) is 19.8 Å². The number of carbonyl (C=O) groups is 1. The molecule has 1 saturated carbocycles. The summed E-state index contributed by atoms with van der Waals surface area (Å²) in [6.45, 7) is 9.29. The predicted octanol–water partition coefficient (Wildman–Crippen LogP) is 1.72. The quantitative estimate of drug-likeness (QED) is 0.202. The Kier molecular flexibility index (Phi) is 10.7. The van der Waals surface area contributed by atoms with Crippen LogP contribution in [0.25, 0.3) is 0 Å². The Morgan fingerprint density at radius 1 is 1.10 bits per heavy atom. The van der Waals surface area contributed by atoms with E-state index in [2.05, 4.69) is 52.0 Å². The summed E-state index contributed by atoms with van der Waals surface area (Å²) in [6, 6.07) is 8.50. The molecule has 1 aliphatic heterocycles. The van der Waals surface area contributed by atoms with Gasteiger partial charge in [0.15, 0.2) is 5.96 Å². The lowest BCUT2D eigenvalue weighted by molar-refractivity contribution is -0.122. The summed E-state index contributed by atoms with van der Waals surface area (Å²) in [4.78, 5) is 18.9. The van der Waals surface area contributed by atoms with Crippen molar-refractivity contribution in [2.75, 3.05) is 45.9 Å². The molecule has 0 bridgehead atoms. The molecule has 8 heteroatoms. The van der Waals surface area contributed by atoms with Gasteiger partial charge in [0.2, 0.25) is 5.91 Å². The Balaban J connectivity index is 0.00000300. The van der Waals surface area contributed by atoms with Gasteiger partial charge in [-0.15, -0.1) is 24.0 Å². The molecule has 1 aliphatic carbocycles. The number of rotatable bonds is 9. The summed E-state index contributed by atoms with van der Waals surface area (Å²) in [5.74, 6) is 1.22. The molecule has 162 valence electrons. The van der Waals surface area contributed by atoms with Crippen molar-refractivity contribution in [2.24, 2.45) is 10.9 Å². The predicted molar refractivity (Wildman–Crippen MR) is 127 cm³/mol. The molecule has 1 amide bonds. The number of carbonyl (C=O) groups excluding carboxylic acids is 1. The van der Waals surface area contributed by atoms with Crippen LogP contribution in [-0.4, -0.2) is 62.7 Å². The van der Waals surface area contributed by atoms with Crippen LogP contribution < -0.4 is 16.0 Å². The van der Waals surface area contributed by atoms with E-state index in [-0.39, 0.29) is 35.8 Å². The lowest BCUT2D eigenvalue weighted by Crippen LogP contribution is -2.41. The molecule has 3 rings (SSSR count). The zero-order valence-electron chi connectivity index (χ0n) is 17.3. The first-order valence-corrected chi connectivity index (χ1v) is 10.4. The zero-order valence-corrected chi connectivity index (χ0v) is 19.6. The van der Waals surface area contributed by atoms with E-state index in [1.807, 2.05) is 0 Å². The zero-order chi connectivity index (χ0) is 19.6. The maximum Gasteiger partial charge on any atom is 0.223 e. The molecule has 0 spiro atoms. The standard InChI is InChI=1S/C21H33N5O2.HI/c1-2-22-21(24-10-9-23-20(27)17-7-8-17)25-15-18-5-3-4-6-19(18)16-26-11-13-28-14-12-26;/h3-6,17H,2,7-16H2,1H3,(H,23,27)(H2,22,24,25);1H. The molecule has 7 nitrogen and oxygen atoms in total. The van der Waals surface area contributed by atoms with Crippen molar-refractivity contribution in [2.45, 2.75) is 32.9 Å². The van der Waals surface area contributed by atoms with E-state index in [4.69, 9.17) is 9.73 Å². The first-order chi connectivity index (χ1) is 13.8. The van der Waals surface area contributed by atoms with Crippen LogP contribution in [-0.2, 0) is 22.6 Å². The molecular weight excluding hydrogens is 481 g/mol. The number of halogens is 1. The topological polar surface area (TPSA) is 78.0 Å². The van der Waals surface area contributed by atoms with Gasteiger partial charge in [-0.3, -0.25) is 9.69 Å². The van der Waals surface area contributed by atoms with E-state index in [9.17, 15) is 4.79 Å². The number of morpholine rings is 1. The largest absolute Gasteiger partial charge is 0.379 e. The van der Waals surface area contributed by atoms with E-state index >= 15 is 0 Å². The highest BCUT2D eigenvalue weighted by molar-refractivity contribution is 14.0. The third-order valence-electron chi connectivity index (χ3n) is 5.03. The minimum absolute atomic E-state index is 0. The Bertz CT molecular complexity index is 660. The molecule has 2 aliphatic rings. The van der Waals surface area contributed by atoms with Crippen LogP contribution in [0.5, 0.6) is 0 Å². The normalized spacial score (nSPS) is 17.3. The molecule has 0 unspecified atom stereocenters. The summed E-state index contributed by atoms with van der Waals surface area (Å²) in [7, 11) is 0. The van der Waals surface area contributed by atoms with Crippen molar-refractivity contribution in [3.05, 3.63) is 35.4 Å². The first-order valence-electron chi connectivity index (χ1n) is 10.4. The van der Waals surface area contributed by atoms with Crippen molar-refractivity contribution in [1.29, 1.82) is 0 Å². The lowest BCUT2D eigenvalue weighted by atomic mass is 10.1. The fourth-order valence-electron chi connectivity index (χ4n) is 3.23. The first kappa shape index (κ1) is 23.9. The van der Waals surface area contributed by atoms with E-state index < -0.39 is 0 Å². The van der Waals surface area contributed by atoms with Crippen LogP contribution >= 0.6 is 24.0 Å². The molecule has 1 aromatic rings. The minimum atomic E-state index is 0. The van der Waals surface area contributed by atoms with Gasteiger partial charge in [0, 0.05) is 45.2 Å². The number of benzene rings is 1. The molecule has 0 radical (unpaired) electrons. The highest BCUT2D eigenvalue weighted by atomic mass is 127. The highest BCUT2D eigenvalue weighted by Gasteiger charge is 2.28. The molecule has 1 saturated heterocycles. The number of ether oxygens (including phenoxy) is 1. The van der Waals surface area contributed by atoms with Gasteiger partial charge in [-0.1, -0.05) is 24.3 Å². The van der Waals surface area contributed by atoms with Crippen molar-refractivity contribution < 1.29 is 9.53 Å². The summed E-state index contributed by atoms with van der Waals surface area (Å²) >= 11 is 0. The molecule has 0 atom stereocenters. The van der Waals surface area contributed by atoms with Crippen LogP contribution in [0.1, 0.15) is 30.9 Å². The van der Waals surface area contributed by atoms with Crippen molar-refractivity contribution in [1.82, 2.24) is 20.9 Å². The Hall–Kier alpha value is -1.39. The molecule has 3 N–H and O–H groups in total. The smallest absolute Gasteiger partial charge is 0.223 e. The second kappa shape index (κ2) is 13.0. The van der Waals surface area contributed by atoms with Crippen molar-refractivity contribution in [3.8, 4) is 0 Å². The number of amides is 1. The Labute approximate surface area is 191 Å². The van der Waals surface area contributed by atoms with Crippen molar-refractivity contribution in [3.63, 3.8) is 0 Å². The number of aliphatic imine (C=N–C) groups is 1. The lowest BCUT2D eigenvalue weighted by Gasteiger charge is -2.27. The van der Waals surface area contributed by atoms with Crippen LogP contribution in [0, 0.1) is 5.92 Å². The van der Waals surface area contributed by atoms with Gasteiger partial charge in [0.25, 0.3) is 0 Å². The maximum atomic E-state index is 11.7. The van der Waals surface area contributed by atoms with Gasteiger partial charge in [-0.05, 0) is 30.9 Å². The highest BCUT2D eigenvalue weighted by Crippen LogP contribution is 2.28. The third-order valence-corrected chi connectivity index (χ3v) is 5.03. The molecule has 2 fully saturated rings. The summed E-state index contributed by atoms with van der Waals surface area (Å²) in [6.07, 6.45) is 2.07. The van der Waals surface area contributed by atoms with Crippen LogP contribution in [0.2, 0.25) is 0 Å². The number of hydrogen-bond donors (Lipinski definition) is 3. The number of nitrogens with one attached hydrogen (secondary N) is 3. The number of nitrogens with zero attached hydrogens (tertiary/aromatic N) is 2. The van der Waals surface area contributed by atoms with Crippen LogP contribution in [0.15, 0.2) is 29.3 Å². The van der Waals surface area contributed by atoms with Crippen LogP contribution in [0.4, 0.5) is 0 Å². The minimum Gasteiger partial charge on any atom is -0.379 e. The Morgan fingerprint density at radius 2 is 1.79 bits per heavy atom. The molecule has 29 heavy (non-hydrogen) atoms. The van der Waals surface area contributed by atoms with E-state index in [1.54, 1.807) is 0 Å². The van der Waals surface area contributed by atoms with Crippen LogP contribution in [0.3, 0.4) is 0 Å². The maximum absolute atomic E-state index is 11.7. The summed E-state index contributed by atoms with van der Waals surface area (Å²) < 4.78 is 5.45. The molecule has 0 aromatic heterocycles. The van der Waals surface area contributed by atoms with E-state index in [0.29, 0.717) is 19.6 Å². The average Bonchev–Trinajstić information content (AvgIpc) is 3.56. The summed E-state index contributed by atoms with van der Waals surface area (Å²) in [5.41, 5.74) is 2.56. The van der Waals surface area contributed by atoms with Gasteiger partial charge >= 0.3 is 0 Å². The second-order valence-electron chi connectivity index (χ2n) is 7.34. The Morgan fingerprint density at radius 3 is 2.48 bits per heavy atom. The molecular formula is C21H34IN5O2. The monoisotopic (exact) mass is 515 g/mol.